The monoisotopic (exact) mass is 324 g/mol. The van der Waals surface area contributed by atoms with E-state index in [1.807, 2.05) is 0 Å². The van der Waals surface area contributed by atoms with Crippen LogP contribution in [-0.4, -0.2) is 23.5 Å². The summed E-state index contributed by atoms with van der Waals surface area (Å²) < 4.78 is 32.1. The Balaban J connectivity index is 1.64. The summed E-state index contributed by atoms with van der Waals surface area (Å²) in [5.74, 6) is -1.74. The number of aromatic nitrogens is 1. The molecule has 1 aromatic carbocycles. The maximum atomic E-state index is 13.6. The van der Waals surface area contributed by atoms with Crippen molar-refractivity contribution in [2.24, 2.45) is 0 Å². The SMILES string of the molecule is O=C(NCC1Cc2cc(F)cc(F)c2O1)c1cccnc1Cl. The van der Waals surface area contributed by atoms with Crippen LogP contribution in [0.15, 0.2) is 30.5 Å². The quantitative estimate of drug-likeness (QED) is 0.883. The number of carbonyl (C=O) groups is 1. The molecule has 0 spiro atoms. The van der Waals surface area contributed by atoms with E-state index in [0.717, 1.165) is 6.07 Å². The number of fused-ring (bicyclic) bond motifs is 1. The van der Waals surface area contributed by atoms with Crippen LogP contribution in [0.3, 0.4) is 0 Å². The molecule has 1 aliphatic heterocycles. The van der Waals surface area contributed by atoms with Gasteiger partial charge >= 0.3 is 0 Å². The lowest BCUT2D eigenvalue weighted by Crippen LogP contribution is -2.34. The molecule has 0 radical (unpaired) electrons. The number of nitrogens with zero attached hydrogens (tertiary/aromatic N) is 1. The number of carbonyl (C=O) groups excluding carboxylic acids is 1. The third-order valence-electron chi connectivity index (χ3n) is 3.31. The molecule has 1 amide bonds. The van der Waals surface area contributed by atoms with Gasteiger partial charge in [0.2, 0.25) is 0 Å². The summed E-state index contributed by atoms with van der Waals surface area (Å²) in [7, 11) is 0. The van der Waals surface area contributed by atoms with E-state index in [-0.39, 0.29) is 23.0 Å². The summed E-state index contributed by atoms with van der Waals surface area (Å²) in [4.78, 5) is 15.8. The largest absolute Gasteiger partial charge is 0.485 e. The van der Waals surface area contributed by atoms with Crippen molar-refractivity contribution in [3.63, 3.8) is 0 Å². The van der Waals surface area contributed by atoms with E-state index >= 15 is 0 Å². The predicted molar refractivity (Wildman–Crippen MR) is 76.1 cm³/mol. The fourth-order valence-corrected chi connectivity index (χ4v) is 2.53. The third kappa shape index (κ3) is 2.87. The molecule has 3 rings (SSSR count). The minimum atomic E-state index is -0.737. The number of amides is 1. The Hall–Kier alpha value is -2.21. The van der Waals surface area contributed by atoms with Gasteiger partial charge in [0.25, 0.3) is 5.91 Å². The number of halogens is 3. The molecule has 0 saturated carbocycles. The van der Waals surface area contributed by atoms with Gasteiger partial charge in [-0.2, -0.15) is 0 Å². The van der Waals surface area contributed by atoms with Crippen LogP contribution in [0.5, 0.6) is 5.75 Å². The number of ether oxygens (including phenoxy) is 1. The van der Waals surface area contributed by atoms with E-state index < -0.39 is 23.6 Å². The molecular weight excluding hydrogens is 314 g/mol. The van der Waals surface area contributed by atoms with Crippen molar-refractivity contribution in [2.45, 2.75) is 12.5 Å². The molecule has 1 N–H and O–H groups in total. The number of rotatable bonds is 3. The Bertz CT molecular complexity index is 739. The number of benzene rings is 1. The minimum absolute atomic E-state index is 0.0417. The van der Waals surface area contributed by atoms with Crippen LogP contribution in [-0.2, 0) is 6.42 Å². The van der Waals surface area contributed by atoms with Gasteiger partial charge in [-0.25, -0.2) is 13.8 Å². The molecule has 1 unspecified atom stereocenters. The highest BCUT2D eigenvalue weighted by Gasteiger charge is 2.27. The summed E-state index contributed by atoms with van der Waals surface area (Å²) in [5, 5.41) is 2.75. The molecule has 2 heterocycles. The Morgan fingerprint density at radius 1 is 1.45 bits per heavy atom. The molecule has 0 bridgehead atoms. The molecular formula is C15H11ClF2N2O2. The molecule has 2 aromatic rings. The maximum absolute atomic E-state index is 13.6. The van der Waals surface area contributed by atoms with Gasteiger partial charge in [0, 0.05) is 24.2 Å². The van der Waals surface area contributed by atoms with E-state index in [0.29, 0.717) is 12.0 Å². The van der Waals surface area contributed by atoms with Crippen LogP contribution in [0.1, 0.15) is 15.9 Å². The molecule has 1 atom stereocenters. The summed E-state index contributed by atoms with van der Waals surface area (Å²) in [5.41, 5.74) is 0.702. The first-order chi connectivity index (χ1) is 10.5. The van der Waals surface area contributed by atoms with E-state index in [2.05, 4.69) is 10.3 Å². The van der Waals surface area contributed by atoms with Gasteiger partial charge in [0.15, 0.2) is 11.6 Å². The lowest BCUT2D eigenvalue weighted by Gasteiger charge is -2.12. The van der Waals surface area contributed by atoms with Crippen LogP contribution >= 0.6 is 11.6 Å². The Labute approximate surface area is 130 Å². The Morgan fingerprint density at radius 3 is 3.05 bits per heavy atom. The normalized spacial score (nSPS) is 16.0. The summed E-state index contributed by atoms with van der Waals surface area (Å²) in [6.07, 6.45) is 1.35. The van der Waals surface area contributed by atoms with Crippen molar-refractivity contribution in [3.8, 4) is 5.75 Å². The van der Waals surface area contributed by atoms with Crippen molar-refractivity contribution in [3.05, 3.63) is 58.4 Å². The fourth-order valence-electron chi connectivity index (χ4n) is 2.32. The Morgan fingerprint density at radius 2 is 2.27 bits per heavy atom. The first-order valence-electron chi connectivity index (χ1n) is 6.58. The molecule has 1 aromatic heterocycles. The van der Waals surface area contributed by atoms with Crippen molar-refractivity contribution in [1.29, 1.82) is 0 Å². The van der Waals surface area contributed by atoms with Gasteiger partial charge in [-0.15, -0.1) is 0 Å². The average Bonchev–Trinajstić information content (AvgIpc) is 2.88. The number of hydrogen-bond acceptors (Lipinski definition) is 3. The summed E-state index contributed by atoms with van der Waals surface area (Å²) in [6, 6.07) is 5.15. The van der Waals surface area contributed by atoms with Gasteiger partial charge in [-0.05, 0) is 18.2 Å². The topological polar surface area (TPSA) is 51.2 Å². The van der Waals surface area contributed by atoms with Crippen LogP contribution in [0.2, 0.25) is 5.15 Å². The van der Waals surface area contributed by atoms with Gasteiger partial charge < -0.3 is 10.1 Å². The fraction of sp³-hybridized carbons (Fsp3) is 0.200. The molecule has 0 fully saturated rings. The standard InChI is InChI=1S/C15H11ClF2N2O2/c16-14-11(2-1-3-19-14)15(21)20-7-10-5-8-4-9(17)6-12(18)13(8)22-10/h1-4,6,10H,5,7H2,(H,20,21). The third-order valence-corrected chi connectivity index (χ3v) is 3.61. The van der Waals surface area contributed by atoms with Crippen molar-refractivity contribution in [1.82, 2.24) is 10.3 Å². The second-order valence-corrected chi connectivity index (χ2v) is 5.23. The summed E-state index contributed by atoms with van der Waals surface area (Å²) >= 11 is 5.83. The first-order valence-corrected chi connectivity index (χ1v) is 6.95. The van der Waals surface area contributed by atoms with E-state index in [9.17, 15) is 13.6 Å². The second-order valence-electron chi connectivity index (χ2n) is 4.87. The smallest absolute Gasteiger partial charge is 0.254 e. The summed E-state index contributed by atoms with van der Waals surface area (Å²) in [6.45, 7) is 0.153. The minimum Gasteiger partial charge on any atom is -0.485 e. The lowest BCUT2D eigenvalue weighted by atomic mass is 10.1. The van der Waals surface area contributed by atoms with Crippen molar-refractivity contribution < 1.29 is 18.3 Å². The van der Waals surface area contributed by atoms with Crippen LogP contribution in [0.25, 0.3) is 0 Å². The van der Waals surface area contributed by atoms with Gasteiger partial charge in [0.05, 0.1) is 12.1 Å². The van der Waals surface area contributed by atoms with Crippen molar-refractivity contribution in [2.75, 3.05) is 6.54 Å². The first kappa shape index (κ1) is 14.7. The van der Waals surface area contributed by atoms with Crippen molar-refractivity contribution >= 4 is 17.5 Å². The second kappa shape index (κ2) is 5.88. The highest BCUT2D eigenvalue weighted by atomic mass is 35.5. The molecule has 0 saturated heterocycles. The molecule has 1 aliphatic rings. The number of pyridine rings is 1. The average molecular weight is 325 g/mol. The van der Waals surface area contributed by atoms with E-state index in [1.54, 1.807) is 12.1 Å². The zero-order chi connectivity index (χ0) is 15.7. The number of nitrogens with one attached hydrogen (secondary N) is 1. The molecule has 4 nitrogen and oxygen atoms in total. The lowest BCUT2D eigenvalue weighted by molar-refractivity contribution is 0.0932. The van der Waals surface area contributed by atoms with Gasteiger partial charge in [-0.1, -0.05) is 11.6 Å². The molecule has 0 aliphatic carbocycles. The van der Waals surface area contributed by atoms with E-state index in [4.69, 9.17) is 16.3 Å². The Kier molecular flexibility index (Phi) is 3.94. The zero-order valence-electron chi connectivity index (χ0n) is 11.3. The number of hydrogen-bond donors (Lipinski definition) is 1. The van der Waals surface area contributed by atoms with Crippen LogP contribution < -0.4 is 10.1 Å². The molecule has 114 valence electrons. The molecule has 7 heteroatoms. The van der Waals surface area contributed by atoms with E-state index in [1.165, 1.54) is 12.3 Å². The van der Waals surface area contributed by atoms with Gasteiger partial charge in [-0.3, -0.25) is 4.79 Å². The molecule has 22 heavy (non-hydrogen) atoms. The highest BCUT2D eigenvalue weighted by Crippen LogP contribution is 2.32. The maximum Gasteiger partial charge on any atom is 0.254 e. The highest BCUT2D eigenvalue weighted by molar-refractivity contribution is 6.32. The zero-order valence-corrected chi connectivity index (χ0v) is 12.0. The predicted octanol–water partition coefficient (Wildman–Crippen LogP) is 2.75. The van der Waals surface area contributed by atoms with Gasteiger partial charge in [0.1, 0.15) is 17.1 Å². The van der Waals surface area contributed by atoms with Crippen LogP contribution in [0, 0.1) is 11.6 Å². The van der Waals surface area contributed by atoms with Crippen LogP contribution in [0.4, 0.5) is 8.78 Å².